The van der Waals surface area contributed by atoms with Crippen molar-refractivity contribution in [1.29, 1.82) is 0 Å². The summed E-state index contributed by atoms with van der Waals surface area (Å²) >= 11 is 0. The van der Waals surface area contributed by atoms with E-state index in [1.807, 2.05) is 42.5 Å². The first-order chi connectivity index (χ1) is 13.0. The number of carbonyl (C=O) groups excluding carboxylic acids is 2. The molecule has 3 aromatic rings. The third-order valence-corrected chi connectivity index (χ3v) is 4.89. The number of anilines is 2. The molecule has 6 heteroatoms. The van der Waals surface area contributed by atoms with Crippen molar-refractivity contribution in [3.05, 3.63) is 53.9 Å². The van der Waals surface area contributed by atoms with Crippen molar-refractivity contribution in [1.82, 2.24) is 4.98 Å². The van der Waals surface area contributed by atoms with Crippen LogP contribution in [0.3, 0.4) is 0 Å². The highest BCUT2D eigenvalue weighted by Crippen LogP contribution is 2.29. The fourth-order valence-electron chi connectivity index (χ4n) is 3.44. The third-order valence-electron chi connectivity index (χ3n) is 4.89. The molecule has 0 bridgehead atoms. The lowest BCUT2D eigenvalue weighted by Crippen LogP contribution is -2.28. The number of nitrogens with one attached hydrogen (secondary N) is 1. The van der Waals surface area contributed by atoms with Crippen LogP contribution >= 0.6 is 0 Å². The molecule has 0 radical (unpaired) electrons. The highest BCUT2D eigenvalue weighted by atomic mass is 16.3. The minimum absolute atomic E-state index is 0.0583. The van der Waals surface area contributed by atoms with E-state index in [-0.39, 0.29) is 24.2 Å². The number of carbonyl (C=O) groups is 2. The van der Waals surface area contributed by atoms with E-state index in [0.717, 1.165) is 23.4 Å². The molecule has 27 heavy (non-hydrogen) atoms. The van der Waals surface area contributed by atoms with Crippen molar-refractivity contribution in [2.75, 3.05) is 16.8 Å². The van der Waals surface area contributed by atoms with Crippen molar-refractivity contribution in [2.24, 2.45) is 5.92 Å². The van der Waals surface area contributed by atoms with E-state index in [4.69, 9.17) is 4.42 Å². The molecule has 2 heterocycles. The Morgan fingerprint density at radius 1 is 1.30 bits per heavy atom. The lowest BCUT2D eigenvalue weighted by Gasteiger charge is -2.16. The Morgan fingerprint density at radius 3 is 2.96 bits per heavy atom. The summed E-state index contributed by atoms with van der Waals surface area (Å²) in [5.74, 6) is 0.0217. The fraction of sp³-hybridized carbons (Fsp3) is 0.286. The van der Waals surface area contributed by atoms with E-state index < -0.39 is 0 Å². The summed E-state index contributed by atoms with van der Waals surface area (Å²) < 4.78 is 5.48. The van der Waals surface area contributed by atoms with Crippen LogP contribution in [0.15, 0.2) is 46.9 Å². The summed E-state index contributed by atoms with van der Waals surface area (Å²) in [4.78, 5) is 31.1. The highest BCUT2D eigenvalue weighted by Gasteiger charge is 2.35. The van der Waals surface area contributed by atoms with Crippen molar-refractivity contribution in [3.8, 4) is 0 Å². The number of amides is 2. The Morgan fingerprint density at radius 2 is 2.15 bits per heavy atom. The molecule has 1 fully saturated rings. The third kappa shape index (κ3) is 3.43. The number of aromatic nitrogens is 1. The molecule has 1 unspecified atom stereocenters. The maximum atomic E-state index is 12.6. The average Bonchev–Trinajstić information content (AvgIpc) is 3.22. The Kier molecular flexibility index (Phi) is 4.39. The van der Waals surface area contributed by atoms with E-state index in [0.29, 0.717) is 23.5 Å². The Balaban J connectivity index is 1.49. The zero-order chi connectivity index (χ0) is 19.0. The number of nitrogens with zero attached hydrogens (tertiary/aromatic N) is 2. The molecule has 138 valence electrons. The predicted molar refractivity (Wildman–Crippen MR) is 104 cm³/mol. The second-order valence-corrected chi connectivity index (χ2v) is 6.83. The van der Waals surface area contributed by atoms with Crippen LogP contribution in [0, 0.1) is 12.8 Å². The van der Waals surface area contributed by atoms with Crippen molar-refractivity contribution in [3.63, 3.8) is 0 Å². The van der Waals surface area contributed by atoms with Crippen LogP contribution in [-0.2, 0) is 16.0 Å². The van der Waals surface area contributed by atoms with Crippen LogP contribution < -0.4 is 10.2 Å². The van der Waals surface area contributed by atoms with Gasteiger partial charge in [-0.05, 0) is 42.3 Å². The molecular formula is C21H21N3O3. The van der Waals surface area contributed by atoms with Gasteiger partial charge in [0, 0.05) is 31.3 Å². The first kappa shape index (κ1) is 17.3. The van der Waals surface area contributed by atoms with Crippen molar-refractivity contribution in [2.45, 2.75) is 26.7 Å². The summed E-state index contributed by atoms with van der Waals surface area (Å²) in [5.41, 5.74) is 4.07. The molecule has 0 aliphatic carbocycles. The second-order valence-electron chi connectivity index (χ2n) is 6.83. The number of rotatable bonds is 4. The smallest absolute Gasteiger partial charge is 0.229 e. The molecule has 2 amide bonds. The van der Waals surface area contributed by atoms with Gasteiger partial charge in [-0.15, -0.1) is 0 Å². The minimum Gasteiger partial charge on any atom is -0.441 e. The number of fused-ring (bicyclic) bond motifs is 1. The summed E-state index contributed by atoms with van der Waals surface area (Å²) in [5, 5.41) is 2.94. The zero-order valence-corrected chi connectivity index (χ0v) is 15.4. The van der Waals surface area contributed by atoms with E-state index in [1.54, 1.807) is 11.8 Å². The first-order valence-electron chi connectivity index (χ1n) is 9.11. The number of hydrogen-bond acceptors (Lipinski definition) is 4. The molecule has 1 aliphatic rings. The van der Waals surface area contributed by atoms with Gasteiger partial charge in [0.1, 0.15) is 5.52 Å². The van der Waals surface area contributed by atoms with Gasteiger partial charge in [0.25, 0.3) is 0 Å². The molecule has 1 aromatic heterocycles. The Labute approximate surface area is 157 Å². The molecule has 0 saturated carbocycles. The number of benzene rings is 2. The van der Waals surface area contributed by atoms with Crippen LogP contribution in [0.4, 0.5) is 11.4 Å². The van der Waals surface area contributed by atoms with Gasteiger partial charge in [-0.25, -0.2) is 4.98 Å². The van der Waals surface area contributed by atoms with Gasteiger partial charge < -0.3 is 14.6 Å². The van der Waals surface area contributed by atoms with Crippen LogP contribution in [0.1, 0.15) is 24.8 Å². The molecule has 0 spiro atoms. The minimum atomic E-state index is -0.377. The molecule has 4 rings (SSSR count). The van der Waals surface area contributed by atoms with Gasteiger partial charge in [-0.1, -0.05) is 19.1 Å². The van der Waals surface area contributed by atoms with Gasteiger partial charge in [0.15, 0.2) is 11.5 Å². The Bertz CT molecular complexity index is 1020. The van der Waals surface area contributed by atoms with Crippen molar-refractivity contribution < 1.29 is 14.0 Å². The summed E-state index contributed by atoms with van der Waals surface area (Å²) in [6, 6.07) is 13.2. The maximum Gasteiger partial charge on any atom is 0.229 e. The summed E-state index contributed by atoms with van der Waals surface area (Å²) in [6.45, 7) is 4.22. The predicted octanol–water partition coefficient (Wildman–Crippen LogP) is 3.69. The quantitative estimate of drug-likeness (QED) is 0.767. The van der Waals surface area contributed by atoms with Crippen molar-refractivity contribution >= 4 is 34.3 Å². The number of oxazole rings is 1. The van der Waals surface area contributed by atoms with E-state index in [9.17, 15) is 9.59 Å². The summed E-state index contributed by atoms with van der Waals surface area (Å²) in [6.07, 6.45) is 1.11. The standard InChI is InChI=1S/C21H21N3O3/c1-3-14-5-4-6-16(9-14)23-21(26)15-10-20(25)24(12-15)17-7-8-19-18(11-17)22-13(2)27-19/h4-9,11,15H,3,10,12H2,1-2H3,(H,23,26). The van der Waals surface area contributed by atoms with Gasteiger partial charge >= 0.3 is 0 Å². The maximum absolute atomic E-state index is 12.6. The van der Waals surface area contributed by atoms with E-state index in [1.165, 1.54) is 0 Å². The number of aryl methyl sites for hydroxylation is 2. The normalized spacial score (nSPS) is 16.9. The highest BCUT2D eigenvalue weighted by molar-refractivity contribution is 6.04. The van der Waals surface area contributed by atoms with Gasteiger partial charge in [-0.3, -0.25) is 9.59 Å². The summed E-state index contributed by atoms with van der Waals surface area (Å²) in [7, 11) is 0. The van der Waals surface area contributed by atoms with Crippen LogP contribution in [0.2, 0.25) is 0 Å². The molecule has 1 saturated heterocycles. The molecular weight excluding hydrogens is 342 g/mol. The first-order valence-corrected chi connectivity index (χ1v) is 9.11. The largest absolute Gasteiger partial charge is 0.441 e. The molecule has 1 aliphatic heterocycles. The topological polar surface area (TPSA) is 75.4 Å². The van der Waals surface area contributed by atoms with Crippen LogP contribution in [0.25, 0.3) is 11.1 Å². The van der Waals surface area contributed by atoms with E-state index in [2.05, 4.69) is 17.2 Å². The fourth-order valence-corrected chi connectivity index (χ4v) is 3.44. The van der Waals surface area contributed by atoms with Crippen LogP contribution in [0.5, 0.6) is 0 Å². The van der Waals surface area contributed by atoms with Gasteiger partial charge in [0.2, 0.25) is 11.8 Å². The monoisotopic (exact) mass is 363 g/mol. The Hall–Kier alpha value is -3.15. The van der Waals surface area contributed by atoms with Gasteiger partial charge in [0.05, 0.1) is 5.92 Å². The SMILES string of the molecule is CCc1cccc(NC(=O)C2CC(=O)N(c3ccc4oc(C)nc4c3)C2)c1. The lowest BCUT2D eigenvalue weighted by atomic mass is 10.1. The van der Waals surface area contributed by atoms with Crippen LogP contribution in [-0.4, -0.2) is 23.3 Å². The van der Waals surface area contributed by atoms with Gasteiger partial charge in [-0.2, -0.15) is 0 Å². The molecule has 1 N–H and O–H groups in total. The second kappa shape index (κ2) is 6.87. The zero-order valence-electron chi connectivity index (χ0n) is 15.4. The average molecular weight is 363 g/mol. The lowest BCUT2D eigenvalue weighted by molar-refractivity contribution is -0.122. The molecule has 6 nitrogen and oxygen atoms in total. The number of hydrogen-bond donors (Lipinski definition) is 1. The molecule has 1 atom stereocenters. The van der Waals surface area contributed by atoms with E-state index >= 15 is 0 Å². The molecule has 2 aromatic carbocycles.